The summed E-state index contributed by atoms with van der Waals surface area (Å²) in [5, 5.41) is 7.12. The van der Waals surface area contributed by atoms with Crippen LogP contribution in [0.4, 0.5) is 24.5 Å². The SMILES string of the molecule is COC(=O)CN(CCCc1ccc(N)cc1)c1cccc(C(N)=O)c1.O=C(O)C(F)(F)F. The number of alkyl halides is 3. The molecule has 0 atom stereocenters. The van der Waals surface area contributed by atoms with Crippen molar-refractivity contribution in [2.75, 3.05) is 30.8 Å². The number of methoxy groups -OCH3 is 1. The van der Waals surface area contributed by atoms with E-state index >= 15 is 0 Å². The molecule has 0 aliphatic carbocycles. The number of amides is 1. The zero-order valence-corrected chi connectivity index (χ0v) is 17.3. The van der Waals surface area contributed by atoms with Gasteiger partial charge in [0.25, 0.3) is 0 Å². The Morgan fingerprint density at radius 1 is 1.09 bits per heavy atom. The zero-order valence-electron chi connectivity index (χ0n) is 17.3. The van der Waals surface area contributed by atoms with Crippen molar-refractivity contribution in [1.29, 1.82) is 0 Å². The fourth-order valence-corrected chi connectivity index (χ4v) is 2.53. The molecule has 0 unspecified atom stereocenters. The van der Waals surface area contributed by atoms with Crippen molar-refractivity contribution in [2.24, 2.45) is 5.73 Å². The van der Waals surface area contributed by atoms with Gasteiger partial charge in [0.05, 0.1) is 7.11 Å². The van der Waals surface area contributed by atoms with Gasteiger partial charge in [-0.15, -0.1) is 0 Å². The van der Waals surface area contributed by atoms with Crippen LogP contribution in [0.1, 0.15) is 22.3 Å². The molecule has 0 aromatic heterocycles. The zero-order chi connectivity index (χ0) is 24.3. The number of esters is 1. The first-order valence-electron chi connectivity index (χ1n) is 9.30. The number of benzene rings is 2. The lowest BCUT2D eigenvalue weighted by atomic mass is 10.1. The average molecular weight is 455 g/mol. The molecular weight excluding hydrogens is 431 g/mol. The van der Waals surface area contributed by atoms with E-state index in [9.17, 15) is 22.8 Å². The fourth-order valence-electron chi connectivity index (χ4n) is 2.53. The standard InChI is InChI=1S/C19H23N3O3.C2HF3O2/c1-25-18(23)13-22(17-6-2-5-15(12-17)19(21)24)11-3-4-14-7-9-16(20)10-8-14;3-2(4,5)1(6)7/h2,5-10,12H,3-4,11,13,20H2,1H3,(H2,21,24);(H,6,7). The molecule has 2 aromatic rings. The lowest BCUT2D eigenvalue weighted by molar-refractivity contribution is -0.192. The highest BCUT2D eigenvalue weighted by atomic mass is 19.4. The highest BCUT2D eigenvalue weighted by Gasteiger charge is 2.38. The lowest BCUT2D eigenvalue weighted by Gasteiger charge is -2.24. The third-order valence-electron chi connectivity index (χ3n) is 4.16. The number of carboxylic acid groups (broad SMARTS) is 1. The molecular formula is C21H24F3N3O5. The van der Waals surface area contributed by atoms with Gasteiger partial charge in [0.15, 0.2) is 0 Å². The number of carbonyl (C=O) groups is 3. The number of rotatable bonds is 8. The number of ether oxygens (including phenoxy) is 1. The van der Waals surface area contributed by atoms with Gasteiger partial charge in [-0.1, -0.05) is 18.2 Å². The summed E-state index contributed by atoms with van der Waals surface area (Å²) in [6.07, 6.45) is -3.39. The van der Waals surface area contributed by atoms with Crippen molar-refractivity contribution in [3.8, 4) is 0 Å². The monoisotopic (exact) mass is 455 g/mol. The van der Waals surface area contributed by atoms with Gasteiger partial charge in [0, 0.05) is 23.5 Å². The molecule has 8 nitrogen and oxygen atoms in total. The molecule has 0 heterocycles. The number of nitrogens with zero attached hydrogens (tertiary/aromatic N) is 1. The molecule has 0 spiro atoms. The Hall–Kier alpha value is -3.76. The van der Waals surface area contributed by atoms with E-state index in [4.69, 9.17) is 26.1 Å². The maximum atomic E-state index is 11.7. The number of hydrogen-bond donors (Lipinski definition) is 3. The normalized spacial score (nSPS) is 10.5. The summed E-state index contributed by atoms with van der Waals surface area (Å²) in [7, 11) is 1.36. The first kappa shape index (κ1) is 26.3. The summed E-state index contributed by atoms with van der Waals surface area (Å²) in [5.41, 5.74) is 14.1. The first-order chi connectivity index (χ1) is 14.9. The van der Waals surface area contributed by atoms with Crippen LogP contribution in [0.5, 0.6) is 0 Å². The average Bonchev–Trinajstić information content (AvgIpc) is 2.74. The quantitative estimate of drug-likeness (QED) is 0.411. The van der Waals surface area contributed by atoms with Crippen LogP contribution >= 0.6 is 0 Å². The van der Waals surface area contributed by atoms with Crippen LogP contribution in [-0.2, 0) is 20.7 Å². The number of carboxylic acids is 1. The third kappa shape index (κ3) is 9.37. The summed E-state index contributed by atoms with van der Waals surface area (Å²) in [6.45, 7) is 0.752. The Balaban J connectivity index is 0.000000633. The van der Waals surface area contributed by atoms with E-state index in [-0.39, 0.29) is 12.5 Å². The Bertz CT molecular complexity index is 918. The van der Waals surface area contributed by atoms with Crippen molar-refractivity contribution < 1.29 is 37.4 Å². The molecule has 5 N–H and O–H groups in total. The van der Waals surface area contributed by atoms with Crippen LogP contribution in [0.15, 0.2) is 48.5 Å². The number of nitrogen functional groups attached to an aromatic ring is 1. The van der Waals surface area contributed by atoms with Gasteiger partial charge in [-0.3, -0.25) is 9.59 Å². The molecule has 0 bridgehead atoms. The fraction of sp³-hybridized carbons (Fsp3) is 0.286. The molecule has 32 heavy (non-hydrogen) atoms. The molecule has 1 amide bonds. The Kier molecular flexibility index (Phi) is 10.0. The minimum atomic E-state index is -5.08. The third-order valence-corrected chi connectivity index (χ3v) is 4.16. The number of aliphatic carboxylic acids is 1. The number of carbonyl (C=O) groups excluding carboxylic acids is 2. The molecule has 0 aliphatic rings. The molecule has 0 radical (unpaired) electrons. The molecule has 174 valence electrons. The molecule has 0 saturated heterocycles. The number of halogens is 3. The van der Waals surface area contributed by atoms with Crippen LogP contribution in [-0.4, -0.2) is 49.3 Å². The number of anilines is 2. The summed E-state index contributed by atoms with van der Waals surface area (Å²) in [6, 6.07) is 14.7. The lowest BCUT2D eigenvalue weighted by Crippen LogP contribution is -2.32. The van der Waals surface area contributed by atoms with E-state index in [1.807, 2.05) is 35.2 Å². The summed E-state index contributed by atoms with van der Waals surface area (Å²) in [5.74, 6) is -3.59. The van der Waals surface area contributed by atoms with Crippen LogP contribution in [0.25, 0.3) is 0 Å². The summed E-state index contributed by atoms with van der Waals surface area (Å²) >= 11 is 0. The minimum Gasteiger partial charge on any atom is -0.475 e. The van der Waals surface area contributed by atoms with Crippen LogP contribution in [0.2, 0.25) is 0 Å². The molecule has 2 aromatic carbocycles. The highest BCUT2D eigenvalue weighted by Crippen LogP contribution is 2.18. The van der Waals surface area contributed by atoms with E-state index in [1.54, 1.807) is 18.2 Å². The summed E-state index contributed by atoms with van der Waals surface area (Å²) < 4.78 is 36.5. The largest absolute Gasteiger partial charge is 0.490 e. The smallest absolute Gasteiger partial charge is 0.475 e. The Morgan fingerprint density at radius 2 is 1.69 bits per heavy atom. The van der Waals surface area contributed by atoms with Gasteiger partial charge in [0.1, 0.15) is 6.54 Å². The van der Waals surface area contributed by atoms with Crippen molar-refractivity contribution in [2.45, 2.75) is 19.0 Å². The summed E-state index contributed by atoms with van der Waals surface area (Å²) in [4.78, 5) is 33.9. The topological polar surface area (TPSA) is 136 Å². The van der Waals surface area contributed by atoms with Gasteiger partial charge >= 0.3 is 18.1 Å². The number of aryl methyl sites for hydroxylation is 1. The molecule has 2 rings (SSSR count). The van der Waals surface area contributed by atoms with Crippen molar-refractivity contribution >= 4 is 29.2 Å². The molecule has 0 saturated carbocycles. The maximum absolute atomic E-state index is 11.7. The first-order valence-corrected chi connectivity index (χ1v) is 9.30. The van der Waals surface area contributed by atoms with Gasteiger partial charge < -0.3 is 26.2 Å². The number of primary amides is 1. The van der Waals surface area contributed by atoms with E-state index in [0.717, 1.165) is 24.2 Å². The van der Waals surface area contributed by atoms with Gasteiger partial charge in [-0.2, -0.15) is 13.2 Å². The van der Waals surface area contributed by atoms with Gasteiger partial charge in [-0.05, 0) is 48.7 Å². The molecule has 0 fully saturated rings. The van der Waals surface area contributed by atoms with Crippen LogP contribution in [0.3, 0.4) is 0 Å². The number of hydrogen-bond acceptors (Lipinski definition) is 6. The van der Waals surface area contributed by atoms with E-state index in [2.05, 4.69) is 0 Å². The van der Waals surface area contributed by atoms with Crippen molar-refractivity contribution in [1.82, 2.24) is 0 Å². The van der Waals surface area contributed by atoms with Crippen molar-refractivity contribution in [3.05, 3.63) is 59.7 Å². The molecule has 0 aliphatic heterocycles. The van der Waals surface area contributed by atoms with Gasteiger partial charge in [-0.25, -0.2) is 4.79 Å². The van der Waals surface area contributed by atoms with Crippen molar-refractivity contribution in [3.63, 3.8) is 0 Å². The van der Waals surface area contributed by atoms with E-state index in [0.29, 0.717) is 12.1 Å². The number of nitrogens with two attached hydrogens (primary N) is 2. The van der Waals surface area contributed by atoms with E-state index < -0.39 is 18.1 Å². The van der Waals surface area contributed by atoms with Gasteiger partial charge in [0.2, 0.25) is 5.91 Å². The van der Waals surface area contributed by atoms with Crippen LogP contribution < -0.4 is 16.4 Å². The second-order valence-corrected chi connectivity index (χ2v) is 6.56. The Morgan fingerprint density at radius 3 is 2.19 bits per heavy atom. The predicted octanol–water partition coefficient (Wildman–Crippen LogP) is 2.61. The maximum Gasteiger partial charge on any atom is 0.490 e. The minimum absolute atomic E-state index is 0.112. The van der Waals surface area contributed by atoms with Crippen LogP contribution in [0, 0.1) is 0 Å². The molecule has 11 heteroatoms. The Labute approximate surface area is 182 Å². The highest BCUT2D eigenvalue weighted by molar-refractivity contribution is 5.93. The predicted molar refractivity (Wildman–Crippen MR) is 112 cm³/mol. The second kappa shape index (κ2) is 12.2. The second-order valence-electron chi connectivity index (χ2n) is 6.56. The van der Waals surface area contributed by atoms with E-state index in [1.165, 1.54) is 12.7 Å².